The lowest BCUT2D eigenvalue weighted by molar-refractivity contribution is 0.0980. The summed E-state index contributed by atoms with van der Waals surface area (Å²) in [6, 6.07) is 0.167. The molecule has 0 aliphatic carbocycles. The van der Waals surface area contributed by atoms with E-state index in [0.717, 1.165) is 19.6 Å². The fraction of sp³-hybridized carbons (Fsp3) is 1.00. The van der Waals surface area contributed by atoms with Gasteiger partial charge in [0.2, 0.25) is 0 Å². The summed E-state index contributed by atoms with van der Waals surface area (Å²) in [5, 5.41) is 3.47. The molecule has 18 heavy (non-hydrogen) atoms. The van der Waals surface area contributed by atoms with Crippen molar-refractivity contribution in [3.05, 3.63) is 0 Å². The molecule has 5 heteroatoms. The number of hydrogen-bond donors (Lipinski definition) is 1. The van der Waals surface area contributed by atoms with Crippen molar-refractivity contribution in [3.8, 4) is 0 Å². The van der Waals surface area contributed by atoms with Crippen LogP contribution >= 0.6 is 0 Å². The molecule has 2 unspecified atom stereocenters. The Morgan fingerprint density at radius 2 is 2.17 bits per heavy atom. The average Bonchev–Trinajstić information content (AvgIpc) is 2.71. The standard InChI is InChI=1S/C13H26N2O2S/c1-11(2)13(4-5-14-9-13)10-15-6-7-18(16,17)8-12(15)3/h11-12,14H,4-10H2,1-3H3. The van der Waals surface area contributed by atoms with Crippen LogP contribution in [-0.4, -0.2) is 57.0 Å². The summed E-state index contributed by atoms with van der Waals surface area (Å²) >= 11 is 0. The van der Waals surface area contributed by atoms with Crippen molar-refractivity contribution < 1.29 is 8.42 Å². The third-order valence-corrected chi connectivity index (χ3v) is 6.62. The van der Waals surface area contributed by atoms with Gasteiger partial charge in [0.1, 0.15) is 0 Å². The minimum absolute atomic E-state index is 0.167. The summed E-state index contributed by atoms with van der Waals surface area (Å²) in [5.41, 5.74) is 0.329. The molecule has 0 aromatic carbocycles. The average molecular weight is 274 g/mol. The molecule has 2 atom stereocenters. The first kappa shape index (κ1) is 14.3. The van der Waals surface area contributed by atoms with E-state index in [4.69, 9.17) is 0 Å². The van der Waals surface area contributed by atoms with Gasteiger partial charge in [-0.25, -0.2) is 8.42 Å². The minimum Gasteiger partial charge on any atom is -0.316 e. The molecule has 0 aromatic rings. The Morgan fingerprint density at radius 3 is 2.67 bits per heavy atom. The fourth-order valence-electron chi connectivity index (χ4n) is 3.25. The molecule has 0 bridgehead atoms. The van der Waals surface area contributed by atoms with Gasteiger partial charge in [0, 0.05) is 25.7 Å². The highest BCUT2D eigenvalue weighted by molar-refractivity contribution is 7.91. The van der Waals surface area contributed by atoms with E-state index in [1.807, 2.05) is 6.92 Å². The van der Waals surface area contributed by atoms with Crippen LogP contribution in [0.1, 0.15) is 27.2 Å². The molecule has 0 saturated carbocycles. The van der Waals surface area contributed by atoms with Crippen LogP contribution in [0.4, 0.5) is 0 Å². The zero-order valence-corrected chi connectivity index (χ0v) is 12.6. The predicted molar refractivity (Wildman–Crippen MR) is 74.4 cm³/mol. The van der Waals surface area contributed by atoms with Crippen LogP contribution in [0.5, 0.6) is 0 Å². The number of nitrogens with one attached hydrogen (secondary N) is 1. The van der Waals surface area contributed by atoms with Crippen LogP contribution in [0.3, 0.4) is 0 Å². The van der Waals surface area contributed by atoms with Gasteiger partial charge in [-0.15, -0.1) is 0 Å². The maximum Gasteiger partial charge on any atom is 0.153 e. The Bertz CT molecular complexity index is 386. The molecule has 2 heterocycles. The maximum atomic E-state index is 11.6. The maximum absolute atomic E-state index is 11.6. The quantitative estimate of drug-likeness (QED) is 0.825. The van der Waals surface area contributed by atoms with Gasteiger partial charge >= 0.3 is 0 Å². The van der Waals surface area contributed by atoms with Crippen molar-refractivity contribution in [2.75, 3.05) is 37.7 Å². The molecule has 4 nitrogen and oxygen atoms in total. The molecular formula is C13H26N2O2S. The van der Waals surface area contributed by atoms with Crippen molar-refractivity contribution in [2.24, 2.45) is 11.3 Å². The van der Waals surface area contributed by atoms with E-state index in [1.54, 1.807) is 0 Å². The van der Waals surface area contributed by atoms with E-state index in [2.05, 4.69) is 24.1 Å². The van der Waals surface area contributed by atoms with E-state index >= 15 is 0 Å². The van der Waals surface area contributed by atoms with Gasteiger partial charge in [0.25, 0.3) is 0 Å². The Morgan fingerprint density at radius 1 is 1.44 bits per heavy atom. The molecule has 2 saturated heterocycles. The third kappa shape index (κ3) is 2.89. The first-order valence-corrected chi connectivity index (χ1v) is 8.82. The van der Waals surface area contributed by atoms with Crippen molar-refractivity contribution in [2.45, 2.75) is 33.2 Å². The molecule has 106 valence electrons. The number of hydrogen-bond acceptors (Lipinski definition) is 4. The second-order valence-corrected chi connectivity index (χ2v) is 8.61. The molecule has 1 N–H and O–H groups in total. The highest BCUT2D eigenvalue weighted by Gasteiger charge is 2.40. The highest BCUT2D eigenvalue weighted by Crippen LogP contribution is 2.36. The molecule has 0 amide bonds. The summed E-state index contributed by atoms with van der Waals surface area (Å²) in [7, 11) is -2.80. The third-order valence-electron chi connectivity index (χ3n) is 4.83. The lowest BCUT2D eigenvalue weighted by Gasteiger charge is -2.42. The van der Waals surface area contributed by atoms with Gasteiger partial charge in [-0.05, 0) is 31.2 Å². The SMILES string of the molecule is CC1CS(=O)(=O)CCN1CC1(C(C)C)CCNC1. The zero-order chi connectivity index (χ0) is 13.4. The van der Waals surface area contributed by atoms with Crippen LogP contribution < -0.4 is 5.32 Å². The summed E-state index contributed by atoms with van der Waals surface area (Å²) < 4.78 is 23.2. The topological polar surface area (TPSA) is 49.4 Å². The Labute approximate surface area is 111 Å². The smallest absolute Gasteiger partial charge is 0.153 e. The minimum atomic E-state index is -2.80. The normalized spacial score (nSPS) is 37.2. The largest absolute Gasteiger partial charge is 0.316 e. The first-order valence-electron chi connectivity index (χ1n) is 7.00. The van der Waals surface area contributed by atoms with E-state index in [1.165, 1.54) is 6.42 Å². The predicted octanol–water partition coefficient (Wildman–Crippen LogP) is 0.741. The Hall–Kier alpha value is -0.130. The van der Waals surface area contributed by atoms with Gasteiger partial charge in [0.15, 0.2) is 9.84 Å². The molecule has 2 fully saturated rings. The lowest BCUT2D eigenvalue weighted by atomic mass is 9.76. The number of nitrogens with zero attached hydrogens (tertiary/aromatic N) is 1. The fourth-order valence-corrected chi connectivity index (χ4v) is 4.87. The Kier molecular flexibility index (Phi) is 4.04. The van der Waals surface area contributed by atoms with E-state index in [-0.39, 0.29) is 6.04 Å². The molecule has 0 aromatic heterocycles. The summed E-state index contributed by atoms with van der Waals surface area (Å²) in [6.45, 7) is 10.5. The van der Waals surface area contributed by atoms with E-state index in [0.29, 0.717) is 29.4 Å². The highest BCUT2D eigenvalue weighted by atomic mass is 32.2. The number of sulfone groups is 1. The van der Waals surface area contributed by atoms with E-state index < -0.39 is 9.84 Å². The van der Waals surface area contributed by atoms with Crippen LogP contribution in [0.2, 0.25) is 0 Å². The molecule has 0 spiro atoms. The van der Waals surface area contributed by atoms with Crippen molar-refractivity contribution >= 4 is 9.84 Å². The summed E-state index contributed by atoms with van der Waals surface area (Å²) in [5.74, 6) is 1.30. The van der Waals surface area contributed by atoms with Crippen LogP contribution in [0.25, 0.3) is 0 Å². The van der Waals surface area contributed by atoms with E-state index in [9.17, 15) is 8.42 Å². The second kappa shape index (κ2) is 5.10. The van der Waals surface area contributed by atoms with Crippen LogP contribution in [-0.2, 0) is 9.84 Å². The molecule has 2 aliphatic heterocycles. The summed E-state index contributed by atoms with van der Waals surface area (Å²) in [6.07, 6.45) is 1.21. The Balaban J connectivity index is 2.05. The molecule has 2 aliphatic rings. The van der Waals surface area contributed by atoms with Crippen LogP contribution in [0.15, 0.2) is 0 Å². The first-order chi connectivity index (χ1) is 8.35. The lowest BCUT2D eigenvalue weighted by Crippen LogP contribution is -2.52. The summed E-state index contributed by atoms with van der Waals surface area (Å²) in [4.78, 5) is 2.38. The number of rotatable bonds is 3. The van der Waals surface area contributed by atoms with Crippen molar-refractivity contribution in [1.82, 2.24) is 10.2 Å². The second-order valence-electron chi connectivity index (χ2n) is 6.38. The van der Waals surface area contributed by atoms with Gasteiger partial charge in [-0.3, -0.25) is 4.90 Å². The van der Waals surface area contributed by atoms with Crippen LogP contribution in [0, 0.1) is 11.3 Å². The van der Waals surface area contributed by atoms with Crippen molar-refractivity contribution in [1.29, 1.82) is 0 Å². The molecular weight excluding hydrogens is 248 g/mol. The van der Waals surface area contributed by atoms with Crippen molar-refractivity contribution in [3.63, 3.8) is 0 Å². The van der Waals surface area contributed by atoms with Gasteiger partial charge in [0.05, 0.1) is 11.5 Å². The van der Waals surface area contributed by atoms with Gasteiger partial charge in [-0.2, -0.15) is 0 Å². The van der Waals surface area contributed by atoms with Gasteiger partial charge in [-0.1, -0.05) is 13.8 Å². The monoisotopic (exact) mass is 274 g/mol. The molecule has 2 rings (SSSR count). The zero-order valence-electron chi connectivity index (χ0n) is 11.8. The molecule has 0 radical (unpaired) electrons. The van der Waals surface area contributed by atoms with Gasteiger partial charge < -0.3 is 5.32 Å².